The van der Waals surface area contributed by atoms with Crippen LogP contribution in [0.3, 0.4) is 0 Å². The molecule has 3 nitrogen and oxygen atoms in total. The van der Waals surface area contributed by atoms with Crippen molar-refractivity contribution in [3.05, 3.63) is 17.6 Å². The van der Waals surface area contributed by atoms with E-state index < -0.39 is 12.1 Å². The molecular weight excluding hydrogens is 257 g/mol. The molecule has 0 bridgehead atoms. The molecule has 0 N–H and O–H groups in total. The summed E-state index contributed by atoms with van der Waals surface area (Å²) in [6.45, 7) is 4.05. The second-order valence-electron chi connectivity index (χ2n) is 4.99. The normalized spacial score (nSPS) is 23.0. The summed E-state index contributed by atoms with van der Waals surface area (Å²) >= 11 is 0. The number of hydrogen-bond acceptors (Lipinski definition) is 3. The van der Waals surface area contributed by atoms with Gasteiger partial charge in [0.25, 0.3) is 0 Å². The Hall–Kier alpha value is -1.33. The topological polar surface area (TPSA) is 35.0 Å². The Morgan fingerprint density at radius 1 is 1.32 bits per heavy atom. The predicted octanol–water partition coefficient (Wildman–Crippen LogP) is 3.31. The van der Waals surface area contributed by atoms with Crippen molar-refractivity contribution in [1.29, 1.82) is 0 Å². The number of rotatable bonds is 4. The Morgan fingerprint density at radius 2 is 2.00 bits per heavy atom. The number of aromatic nitrogens is 2. The predicted molar refractivity (Wildman–Crippen MR) is 63.9 cm³/mol. The molecule has 0 amide bonds. The summed E-state index contributed by atoms with van der Waals surface area (Å²) in [5.74, 6) is -0.0950. The molecular formula is C13H17F3N2O. The lowest BCUT2D eigenvalue weighted by Gasteiger charge is -2.36. The fraction of sp³-hybridized carbons (Fsp3) is 0.692. The number of alkyl halides is 3. The third-order valence-corrected chi connectivity index (χ3v) is 3.40. The van der Waals surface area contributed by atoms with Gasteiger partial charge in [0.15, 0.2) is 0 Å². The quantitative estimate of drug-likeness (QED) is 0.845. The number of ether oxygens (including phenoxy) is 1. The zero-order chi connectivity index (χ0) is 14.0. The molecule has 0 spiro atoms. The van der Waals surface area contributed by atoms with Crippen LogP contribution in [0.5, 0.6) is 5.88 Å². The molecule has 1 aromatic heterocycles. The summed E-state index contributed by atoms with van der Waals surface area (Å²) in [5, 5.41) is 0. The van der Waals surface area contributed by atoms with Gasteiger partial charge in [0, 0.05) is 11.8 Å². The molecule has 19 heavy (non-hydrogen) atoms. The SMILES string of the molecule is CCc1cc(OCC2CC(C(F)(F)F)C2)nc(C)n1. The Morgan fingerprint density at radius 3 is 2.58 bits per heavy atom. The van der Waals surface area contributed by atoms with Crippen LogP contribution in [0, 0.1) is 18.8 Å². The lowest BCUT2D eigenvalue weighted by Crippen LogP contribution is -2.38. The second-order valence-corrected chi connectivity index (χ2v) is 4.99. The van der Waals surface area contributed by atoms with E-state index in [-0.39, 0.29) is 18.8 Å². The molecule has 6 heteroatoms. The Kier molecular flexibility index (Phi) is 3.96. The number of halogens is 3. The summed E-state index contributed by atoms with van der Waals surface area (Å²) in [4.78, 5) is 8.34. The van der Waals surface area contributed by atoms with Gasteiger partial charge in [0.1, 0.15) is 5.82 Å². The van der Waals surface area contributed by atoms with Gasteiger partial charge in [-0.25, -0.2) is 4.98 Å². The van der Waals surface area contributed by atoms with Crippen LogP contribution in [-0.2, 0) is 6.42 Å². The second kappa shape index (κ2) is 5.35. The van der Waals surface area contributed by atoms with E-state index in [0.29, 0.717) is 18.3 Å². The molecule has 1 aliphatic carbocycles. The van der Waals surface area contributed by atoms with Crippen LogP contribution in [0.4, 0.5) is 13.2 Å². The van der Waals surface area contributed by atoms with Crippen molar-refractivity contribution in [2.45, 2.75) is 39.3 Å². The highest BCUT2D eigenvalue weighted by Gasteiger charge is 2.47. The van der Waals surface area contributed by atoms with Crippen molar-refractivity contribution < 1.29 is 17.9 Å². The van der Waals surface area contributed by atoms with E-state index in [2.05, 4.69) is 9.97 Å². The molecule has 0 aromatic carbocycles. The molecule has 1 aromatic rings. The van der Waals surface area contributed by atoms with E-state index in [1.807, 2.05) is 6.92 Å². The van der Waals surface area contributed by atoms with E-state index in [9.17, 15) is 13.2 Å². The maximum Gasteiger partial charge on any atom is 0.391 e. The first-order valence-electron chi connectivity index (χ1n) is 6.42. The largest absolute Gasteiger partial charge is 0.477 e. The molecule has 106 valence electrons. The van der Waals surface area contributed by atoms with Gasteiger partial charge < -0.3 is 4.74 Å². The molecule has 1 aliphatic rings. The van der Waals surface area contributed by atoms with Crippen LogP contribution in [0.1, 0.15) is 31.3 Å². The first-order valence-corrected chi connectivity index (χ1v) is 6.42. The van der Waals surface area contributed by atoms with Gasteiger partial charge in [-0.1, -0.05) is 6.92 Å². The Labute approximate surface area is 110 Å². The van der Waals surface area contributed by atoms with Crippen LogP contribution < -0.4 is 4.74 Å². The fourth-order valence-electron chi connectivity index (χ4n) is 2.20. The first-order chi connectivity index (χ1) is 8.88. The zero-order valence-electron chi connectivity index (χ0n) is 11.0. The van der Waals surface area contributed by atoms with Gasteiger partial charge in [-0.05, 0) is 32.1 Å². The lowest BCUT2D eigenvalue weighted by molar-refractivity contribution is -0.206. The molecule has 2 rings (SSSR count). The average molecular weight is 274 g/mol. The van der Waals surface area contributed by atoms with Gasteiger partial charge in [0.2, 0.25) is 5.88 Å². The van der Waals surface area contributed by atoms with E-state index in [1.165, 1.54) is 0 Å². The van der Waals surface area contributed by atoms with Crippen molar-refractivity contribution in [3.63, 3.8) is 0 Å². The third kappa shape index (κ3) is 3.58. The highest BCUT2D eigenvalue weighted by molar-refractivity contribution is 5.16. The lowest BCUT2D eigenvalue weighted by atomic mass is 9.75. The monoisotopic (exact) mass is 274 g/mol. The summed E-state index contributed by atoms with van der Waals surface area (Å²) in [7, 11) is 0. The van der Waals surface area contributed by atoms with Gasteiger partial charge >= 0.3 is 6.18 Å². The van der Waals surface area contributed by atoms with Crippen LogP contribution in [0.15, 0.2) is 6.07 Å². The molecule has 1 heterocycles. The van der Waals surface area contributed by atoms with Crippen molar-refractivity contribution in [1.82, 2.24) is 9.97 Å². The van der Waals surface area contributed by atoms with E-state index >= 15 is 0 Å². The minimum absolute atomic E-state index is 0.0213. The minimum atomic E-state index is -4.06. The van der Waals surface area contributed by atoms with Crippen LogP contribution in [-0.4, -0.2) is 22.8 Å². The molecule has 0 aliphatic heterocycles. The third-order valence-electron chi connectivity index (χ3n) is 3.40. The van der Waals surface area contributed by atoms with Crippen molar-refractivity contribution >= 4 is 0 Å². The van der Waals surface area contributed by atoms with Gasteiger partial charge in [-0.3, -0.25) is 0 Å². The van der Waals surface area contributed by atoms with Gasteiger partial charge in [-0.2, -0.15) is 18.2 Å². The Balaban J connectivity index is 1.83. The molecule has 0 radical (unpaired) electrons. The fourth-order valence-corrected chi connectivity index (χ4v) is 2.20. The Bertz CT molecular complexity index is 442. The average Bonchev–Trinajstić information content (AvgIpc) is 2.24. The van der Waals surface area contributed by atoms with Gasteiger partial charge in [0.05, 0.1) is 12.5 Å². The smallest absolute Gasteiger partial charge is 0.391 e. The number of nitrogens with zero attached hydrogens (tertiary/aromatic N) is 2. The molecule has 0 saturated heterocycles. The molecule has 1 saturated carbocycles. The van der Waals surface area contributed by atoms with E-state index in [0.717, 1.165) is 12.1 Å². The van der Waals surface area contributed by atoms with Crippen LogP contribution >= 0.6 is 0 Å². The zero-order valence-corrected chi connectivity index (χ0v) is 11.0. The standard InChI is InChI=1S/C13H17F3N2O/c1-3-11-6-12(18-8(2)17-11)19-7-9-4-10(5-9)13(14,15)16/h6,9-10H,3-5,7H2,1-2H3. The minimum Gasteiger partial charge on any atom is -0.477 e. The first kappa shape index (κ1) is 14.1. The molecule has 1 fully saturated rings. The maximum atomic E-state index is 12.3. The van der Waals surface area contributed by atoms with Gasteiger partial charge in [-0.15, -0.1) is 0 Å². The molecule has 0 unspecified atom stereocenters. The van der Waals surface area contributed by atoms with Crippen molar-refractivity contribution in [3.8, 4) is 5.88 Å². The van der Waals surface area contributed by atoms with Crippen LogP contribution in [0.25, 0.3) is 0 Å². The summed E-state index contributed by atoms with van der Waals surface area (Å²) < 4.78 is 42.5. The van der Waals surface area contributed by atoms with E-state index in [1.54, 1.807) is 13.0 Å². The van der Waals surface area contributed by atoms with E-state index in [4.69, 9.17) is 4.74 Å². The summed E-state index contributed by atoms with van der Waals surface area (Å²) in [5.41, 5.74) is 0.879. The highest BCUT2D eigenvalue weighted by atomic mass is 19.4. The number of hydrogen-bond donors (Lipinski definition) is 0. The van der Waals surface area contributed by atoms with Crippen molar-refractivity contribution in [2.24, 2.45) is 11.8 Å². The van der Waals surface area contributed by atoms with Crippen molar-refractivity contribution in [2.75, 3.05) is 6.61 Å². The summed E-state index contributed by atoms with van der Waals surface area (Å²) in [6.07, 6.45) is -2.96. The maximum absolute atomic E-state index is 12.3. The van der Waals surface area contributed by atoms with Crippen LogP contribution in [0.2, 0.25) is 0 Å². The number of aryl methyl sites for hydroxylation is 2. The highest BCUT2D eigenvalue weighted by Crippen LogP contribution is 2.44. The summed E-state index contributed by atoms with van der Waals surface area (Å²) in [6, 6.07) is 1.74. The molecule has 0 atom stereocenters.